The Balaban J connectivity index is 2.13. The highest BCUT2D eigenvalue weighted by atomic mass is 35.5. The largest absolute Gasteiger partial charge is 0.495 e. The minimum absolute atomic E-state index is 0.0327. The Morgan fingerprint density at radius 1 is 1.29 bits per heavy atom. The summed E-state index contributed by atoms with van der Waals surface area (Å²) >= 11 is 6.02. The van der Waals surface area contributed by atoms with Gasteiger partial charge in [-0.2, -0.15) is 13.2 Å². The fourth-order valence-corrected chi connectivity index (χ4v) is 2.82. The van der Waals surface area contributed by atoms with Gasteiger partial charge in [-0.15, -0.1) is 0 Å². The van der Waals surface area contributed by atoms with Gasteiger partial charge in [-0.3, -0.25) is 0 Å². The van der Waals surface area contributed by atoms with E-state index in [1.165, 1.54) is 26.4 Å². The number of amides is 2. The van der Waals surface area contributed by atoms with Crippen LogP contribution in [0.25, 0.3) is 0 Å². The summed E-state index contributed by atoms with van der Waals surface area (Å²) in [7, 11) is 2.84. The van der Waals surface area contributed by atoms with Crippen LogP contribution in [-0.2, 0) is 0 Å². The van der Waals surface area contributed by atoms with Crippen LogP contribution >= 0.6 is 11.6 Å². The van der Waals surface area contributed by atoms with Crippen molar-refractivity contribution in [3.05, 3.63) is 17.2 Å². The molecule has 134 valence electrons. The molecular weight excluding hydrogens is 349 g/mol. The third-order valence-corrected chi connectivity index (χ3v) is 4.18. The van der Waals surface area contributed by atoms with Crippen LogP contribution in [0.15, 0.2) is 12.1 Å². The number of methoxy groups -OCH3 is 2. The molecule has 1 aliphatic heterocycles. The van der Waals surface area contributed by atoms with E-state index in [4.69, 9.17) is 21.1 Å². The number of hydrogen-bond acceptors (Lipinski definition) is 3. The Kier molecular flexibility index (Phi) is 5.69. The first-order chi connectivity index (χ1) is 11.3. The maximum Gasteiger partial charge on any atom is 0.393 e. The van der Waals surface area contributed by atoms with E-state index in [1.807, 2.05) is 0 Å². The molecule has 1 heterocycles. The number of carbonyl (C=O) groups excluding carboxylic acids is 1. The number of nitrogens with zero attached hydrogens (tertiary/aromatic N) is 1. The van der Waals surface area contributed by atoms with E-state index in [0.29, 0.717) is 17.9 Å². The van der Waals surface area contributed by atoms with Gasteiger partial charge in [0.1, 0.15) is 11.5 Å². The number of ether oxygens (including phenoxy) is 2. The molecule has 1 saturated heterocycles. The van der Waals surface area contributed by atoms with Crippen molar-refractivity contribution in [2.24, 2.45) is 5.92 Å². The monoisotopic (exact) mass is 366 g/mol. The van der Waals surface area contributed by atoms with Gasteiger partial charge >= 0.3 is 12.2 Å². The molecule has 1 N–H and O–H groups in total. The summed E-state index contributed by atoms with van der Waals surface area (Å²) in [6.45, 7) is -0.0911. The Morgan fingerprint density at radius 3 is 2.54 bits per heavy atom. The second-order valence-electron chi connectivity index (χ2n) is 5.44. The van der Waals surface area contributed by atoms with Crippen LogP contribution in [0, 0.1) is 5.92 Å². The summed E-state index contributed by atoms with van der Waals surface area (Å²) in [4.78, 5) is 13.4. The smallest absolute Gasteiger partial charge is 0.393 e. The second-order valence-corrected chi connectivity index (χ2v) is 5.85. The fraction of sp³-hybridized carbons (Fsp3) is 0.533. The van der Waals surface area contributed by atoms with E-state index in [-0.39, 0.29) is 30.2 Å². The number of likely N-dealkylation sites (tertiary alicyclic amines) is 1. The van der Waals surface area contributed by atoms with Crippen molar-refractivity contribution >= 4 is 23.3 Å². The Bertz CT molecular complexity index is 610. The van der Waals surface area contributed by atoms with Crippen molar-refractivity contribution in [3.63, 3.8) is 0 Å². The number of alkyl halides is 3. The number of anilines is 1. The first-order valence-electron chi connectivity index (χ1n) is 7.30. The van der Waals surface area contributed by atoms with E-state index >= 15 is 0 Å². The lowest BCUT2D eigenvalue weighted by atomic mass is 9.98. The van der Waals surface area contributed by atoms with Crippen molar-refractivity contribution in [1.82, 2.24) is 4.90 Å². The number of piperidine rings is 1. The molecule has 1 atom stereocenters. The predicted molar refractivity (Wildman–Crippen MR) is 83.9 cm³/mol. The van der Waals surface area contributed by atoms with Crippen LogP contribution in [0.3, 0.4) is 0 Å². The zero-order chi connectivity index (χ0) is 17.9. The molecule has 1 fully saturated rings. The SMILES string of the molecule is COc1cc(OC)c(NC(=O)N2CCC[C@@H](C(F)(F)F)C2)cc1Cl. The topological polar surface area (TPSA) is 50.8 Å². The van der Waals surface area contributed by atoms with Gasteiger partial charge < -0.3 is 19.7 Å². The summed E-state index contributed by atoms with van der Waals surface area (Å²) in [6.07, 6.45) is -3.97. The highest BCUT2D eigenvalue weighted by Crippen LogP contribution is 2.37. The Morgan fingerprint density at radius 2 is 1.96 bits per heavy atom. The minimum atomic E-state index is -4.31. The van der Waals surface area contributed by atoms with E-state index in [0.717, 1.165) is 4.90 Å². The van der Waals surface area contributed by atoms with Crippen LogP contribution in [0.5, 0.6) is 11.5 Å². The molecule has 1 aromatic rings. The quantitative estimate of drug-likeness (QED) is 0.873. The van der Waals surface area contributed by atoms with E-state index in [9.17, 15) is 18.0 Å². The number of benzene rings is 1. The molecule has 0 radical (unpaired) electrons. The van der Waals surface area contributed by atoms with Gasteiger partial charge in [0.05, 0.1) is 30.8 Å². The minimum Gasteiger partial charge on any atom is -0.495 e. The van der Waals surface area contributed by atoms with E-state index in [2.05, 4.69) is 5.32 Å². The number of carbonyl (C=O) groups is 1. The highest BCUT2D eigenvalue weighted by Gasteiger charge is 2.42. The summed E-state index contributed by atoms with van der Waals surface area (Å²) in [6, 6.07) is 2.30. The average Bonchev–Trinajstić information content (AvgIpc) is 2.54. The molecule has 24 heavy (non-hydrogen) atoms. The maximum atomic E-state index is 12.9. The molecule has 1 aliphatic rings. The van der Waals surface area contributed by atoms with Gasteiger partial charge in [0.25, 0.3) is 0 Å². The molecule has 0 saturated carbocycles. The lowest BCUT2D eigenvalue weighted by Crippen LogP contribution is -2.46. The first-order valence-corrected chi connectivity index (χ1v) is 7.68. The van der Waals surface area contributed by atoms with Gasteiger partial charge in [0.2, 0.25) is 0 Å². The molecule has 0 aliphatic carbocycles. The summed E-state index contributed by atoms with van der Waals surface area (Å²) in [5.74, 6) is -0.839. The molecular formula is C15H18ClF3N2O3. The number of nitrogens with one attached hydrogen (secondary N) is 1. The van der Waals surface area contributed by atoms with Crippen LogP contribution in [-0.4, -0.2) is 44.4 Å². The average molecular weight is 367 g/mol. The Hall–Kier alpha value is -1.83. The molecule has 2 rings (SSSR count). The molecule has 0 bridgehead atoms. The van der Waals surface area contributed by atoms with Crippen LogP contribution in [0.2, 0.25) is 5.02 Å². The Labute approximate surface area is 142 Å². The molecule has 0 aromatic heterocycles. The molecule has 5 nitrogen and oxygen atoms in total. The van der Waals surface area contributed by atoms with Crippen molar-refractivity contribution in [1.29, 1.82) is 0 Å². The molecule has 0 unspecified atom stereocenters. The summed E-state index contributed by atoms with van der Waals surface area (Å²) in [5.41, 5.74) is 0.266. The van der Waals surface area contributed by atoms with Crippen molar-refractivity contribution in [2.75, 3.05) is 32.6 Å². The van der Waals surface area contributed by atoms with Gasteiger partial charge in [-0.1, -0.05) is 11.6 Å². The van der Waals surface area contributed by atoms with E-state index < -0.39 is 18.1 Å². The van der Waals surface area contributed by atoms with Crippen LogP contribution in [0.4, 0.5) is 23.7 Å². The summed E-state index contributed by atoms with van der Waals surface area (Å²) in [5, 5.41) is 2.80. The van der Waals surface area contributed by atoms with Gasteiger partial charge in [-0.25, -0.2) is 4.79 Å². The van der Waals surface area contributed by atoms with Crippen molar-refractivity contribution in [2.45, 2.75) is 19.0 Å². The molecule has 1 aromatic carbocycles. The van der Waals surface area contributed by atoms with Gasteiger partial charge in [0, 0.05) is 19.2 Å². The number of halogens is 4. The summed E-state index contributed by atoms with van der Waals surface area (Å²) < 4.78 is 48.8. The molecule has 9 heteroatoms. The maximum absolute atomic E-state index is 12.9. The number of rotatable bonds is 3. The second kappa shape index (κ2) is 7.38. The third-order valence-electron chi connectivity index (χ3n) is 3.89. The van der Waals surface area contributed by atoms with Crippen molar-refractivity contribution in [3.8, 4) is 11.5 Å². The highest BCUT2D eigenvalue weighted by molar-refractivity contribution is 6.32. The number of hydrogen-bond donors (Lipinski definition) is 1. The van der Waals surface area contributed by atoms with Crippen LogP contribution in [0.1, 0.15) is 12.8 Å². The first kappa shape index (κ1) is 18.5. The standard InChI is InChI=1S/C15H18ClF3N2O3/c1-23-12-7-13(24-2)11(6-10(12)16)20-14(22)21-5-3-4-9(8-21)15(17,18)19/h6-7,9H,3-5,8H2,1-2H3,(H,20,22)/t9-/m1/s1. The van der Waals surface area contributed by atoms with Gasteiger partial charge in [0.15, 0.2) is 0 Å². The van der Waals surface area contributed by atoms with E-state index in [1.54, 1.807) is 0 Å². The fourth-order valence-electron chi connectivity index (χ4n) is 2.58. The predicted octanol–water partition coefficient (Wildman–Crippen LogP) is 4.16. The lowest BCUT2D eigenvalue weighted by molar-refractivity contribution is -0.183. The normalized spacial score (nSPS) is 18.2. The molecule has 2 amide bonds. The van der Waals surface area contributed by atoms with Crippen molar-refractivity contribution < 1.29 is 27.4 Å². The van der Waals surface area contributed by atoms with Gasteiger partial charge in [-0.05, 0) is 18.9 Å². The number of urea groups is 1. The third kappa shape index (κ3) is 4.17. The molecule has 0 spiro atoms. The zero-order valence-corrected chi connectivity index (χ0v) is 14.0. The zero-order valence-electron chi connectivity index (χ0n) is 13.2. The van der Waals surface area contributed by atoms with Crippen LogP contribution < -0.4 is 14.8 Å². The lowest BCUT2D eigenvalue weighted by Gasteiger charge is -2.33.